The summed E-state index contributed by atoms with van der Waals surface area (Å²) in [6.07, 6.45) is 0. The zero-order valence-corrected chi connectivity index (χ0v) is 10.8. The van der Waals surface area contributed by atoms with Crippen LogP contribution in [0.2, 0.25) is 10.6 Å². The number of nitrogens with zero attached hydrogens (tertiary/aromatic N) is 2. The SMILES string of the molecule is [B]C12C(=O)N(C)C(=O)C1([B])C1(C)C(=O)N(C)C(=O)C21. The number of imide groups is 2. The molecule has 0 aromatic rings. The summed E-state index contributed by atoms with van der Waals surface area (Å²) in [5.41, 5.74) is -1.45. The zero-order valence-electron chi connectivity index (χ0n) is 10.8. The van der Waals surface area contributed by atoms with Crippen LogP contribution in [0.4, 0.5) is 0 Å². The fraction of sp³-hybridized carbons (Fsp3) is 0.636. The lowest BCUT2D eigenvalue weighted by molar-refractivity contribution is -0.155. The normalized spacial score (nSPS) is 48.5. The van der Waals surface area contributed by atoms with E-state index in [2.05, 4.69) is 0 Å². The lowest BCUT2D eigenvalue weighted by Gasteiger charge is -2.62. The quantitative estimate of drug-likeness (QED) is 0.381. The first-order valence-corrected chi connectivity index (χ1v) is 5.80. The van der Waals surface area contributed by atoms with Crippen molar-refractivity contribution in [2.45, 2.75) is 17.6 Å². The van der Waals surface area contributed by atoms with E-state index >= 15 is 0 Å². The van der Waals surface area contributed by atoms with Crippen molar-refractivity contribution in [3.63, 3.8) is 0 Å². The number of likely N-dealkylation sites (tertiary alicyclic amines) is 2. The van der Waals surface area contributed by atoms with Crippen molar-refractivity contribution >= 4 is 39.3 Å². The number of carbonyl (C=O) groups excluding carboxylic acids is 4. The van der Waals surface area contributed by atoms with Crippen LogP contribution in [0, 0.1) is 11.3 Å². The highest BCUT2D eigenvalue weighted by molar-refractivity contribution is 6.53. The third-order valence-corrected chi connectivity index (χ3v) is 5.13. The van der Waals surface area contributed by atoms with Gasteiger partial charge in [0.05, 0.1) is 27.0 Å². The Balaban J connectivity index is 2.30. The van der Waals surface area contributed by atoms with Crippen molar-refractivity contribution in [2.75, 3.05) is 14.1 Å². The summed E-state index contributed by atoms with van der Waals surface area (Å²) in [6.45, 7) is 1.43. The van der Waals surface area contributed by atoms with Gasteiger partial charge in [0.1, 0.15) is 0 Å². The number of amides is 4. The minimum absolute atomic E-state index is 0.562. The van der Waals surface area contributed by atoms with Crippen LogP contribution < -0.4 is 0 Å². The van der Waals surface area contributed by atoms with Crippen LogP contribution in [0.3, 0.4) is 0 Å². The van der Waals surface area contributed by atoms with E-state index in [1.165, 1.54) is 21.0 Å². The van der Waals surface area contributed by atoms with Crippen molar-refractivity contribution in [1.29, 1.82) is 0 Å². The monoisotopic (exact) mass is 256 g/mol. The van der Waals surface area contributed by atoms with Crippen molar-refractivity contribution in [3.05, 3.63) is 0 Å². The Bertz CT molecular complexity index is 569. The Morgan fingerprint density at radius 2 is 1.47 bits per heavy atom. The molecule has 3 rings (SSSR count). The third kappa shape index (κ3) is 0.773. The first-order valence-electron chi connectivity index (χ1n) is 5.80. The molecule has 1 saturated carbocycles. The van der Waals surface area contributed by atoms with Crippen LogP contribution in [0.25, 0.3) is 0 Å². The standard InChI is InChI=1S/C11H10B2N2O4/c1-9-4(5(16)14(2)6(9)17)10(12)7(18)15(3)8(19)11(9,10)13/h4H,1-3H3. The van der Waals surface area contributed by atoms with E-state index in [-0.39, 0.29) is 0 Å². The molecule has 2 aliphatic heterocycles. The number of hydrogen-bond donors (Lipinski definition) is 0. The third-order valence-electron chi connectivity index (χ3n) is 5.13. The van der Waals surface area contributed by atoms with E-state index in [9.17, 15) is 19.2 Å². The molecule has 2 heterocycles. The van der Waals surface area contributed by atoms with Gasteiger partial charge in [0, 0.05) is 24.7 Å². The molecule has 4 radical (unpaired) electrons. The fourth-order valence-electron chi connectivity index (χ4n) is 3.96. The minimum Gasteiger partial charge on any atom is -0.286 e. The second kappa shape index (κ2) is 2.78. The highest BCUT2D eigenvalue weighted by Gasteiger charge is 2.89. The smallest absolute Gasteiger partial charge is 0.235 e. The van der Waals surface area contributed by atoms with Gasteiger partial charge in [-0.25, -0.2) is 0 Å². The molecule has 3 aliphatic rings. The molecule has 4 atom stereocenters. The molecule has 19 heavy (non-hydrogen) atoms. The maximum atomic E-state index is 12.2. The van der Waals surface area contributed by atoms with Gasteiger partial charge in [0.15, 0.2) is 0 Å². The Morgan fingerprint density at radius 3 is 2.00 bits per heavy atom. The van der Waals surface area contributed by atoms with Gasteiger partial charge < -0.3 is 0 Å². The molecular weight excluding hydrogens is 246 g/mol. The molecule has 3 fully saturated rings. The molecule has 0 aromatic carbocycles. The van der Waals surface area contributed by atoms with E-state index < -0.39 is 45.6 Å². The largest absolute Gasteiger partial charge is 0.286 e. The molecule has 0 N–H and O–H groups in total. The number of hydrogen-bond acceptors (Lipinski definition) is 4. The van der Waals surface area contributed by atoms with Crippen LogP contribution in [0.15, 0.2) is 0 Å². The lowest BCUT2D eigenvalue weighted by Crippen LogP contribution is -2.66. The molecular formula is C11H10B2N2O4. The average molecular weight is 256 g/mol. The predicted octanol–water partition coefficient (Wildman–Crippen LogP) is -1.73. The van der Waals surface area contributed by atoms with Crippen LogP contribution in [-0.4, -0.2) is 63.2 Å². The summed E-state index contributed by atoms with van der Waals surface area (Å²) in [5, 5.41) is -3.68. The summed E-state index contributed by atoms with van der Waals surface area (Å²) in [7, 11) is 14.6. The molecule has 6 nitrogen and oxygen atoms in total. The number of fused-ring (bicyclic) bond motifs is 4. The van der Waals surface area contributed by atoms with Gasteiger partial charge in [0.25, 0.3) is 0 Å². The van der Waals surface area contributed by atoms with Gasteiger partial charge in [-0.3, -0.25) is 29.0 Å². The Kier molecular flexibility index (Phi) is 1.82. The van der Waals surface area contributed by atoms with Gasteiger partial charge in [-0.15, -0.1) is 0 Å². The topological polar surface area (TPSA) is 74.8 Å². The van der Waals surface area contributed by atoms with Crippen molar-refractivity contribution < 1.29 is 19.2 Å². The zero-order chi connectivity index (χ0) is 14.5. The van der Waals surface area contributed by atoms with Crippen molar-refractivity contribution in [1.82, 2.24) is 9.80 Å². The van der Waals surface area contributed by atoms with Gasteiger partial charge in [-0.2, -0.15) is 0 Å². The summed E-state index contributed by atoms with van der Waals surface area (Å²) in [6, 6.07) is 0. The van der Waals surface area contributed by atoms with Crippen LogP contribution >= 0.6 is 0 Å². The van der Waals surface area contributed by atoms with E-state index in [1.807, 2.05) is 0 Å². The molecule has 2 saturated heterocycles. The van der Waals surface area contributed by atoms with Gasteiger partial charge in [-0.1, -0.05) is 0 Å². The van der Waals surface area contributed by atoms with E-state index in [0.717, 1.165) is 9.80 Å². The van der Waals surface area contributed by atoms with Gasteiger partial charge in [0.2, 0.25) is 23.6 Å². The van der Waals surface area contributed by atoms with E-state index in [1.54, 1.807) is 0 Å². The molecule has 0 aromatic heterocycles. The molecule has 8 heteroatoms. The highest BCUT2D eigenvalue weighted by atomic mass is 16.2. The summed E-state index contributed by atoms with van der Waals surface area (Å²) in [5.74, 6) is -3.63. The summed E-state index contributed by atoms with van der Waals surface area (Å²) >= 11 is 0. The van der Waals surface area contributed by atoms with Crippen LogP contribution in [-0.2, 0) is 19.2 Å². The summed E-state index contributed by atoms with van der Waals surface area (Å²) in [4.78, 5) is 50.5. The molecule has 1 aliphatic carbocycles. The average Bonchev–Trinajstić information content (AvgIpc) is 2.61. The second-order valence-electron chi connectivity index (χ2n) is 5.68. The molecule has 4 unspecified atom stereocenters. The highest BCUT2D eigenvalue weighted by Crippen LogP contribution is 2.83. The van der Waals surface area contributed by atoms with E-state index in [0.29, 0.717) is 0 Å². The van der Waals surface area contributed by atoms with Gasteiger partial charge in [-0.05, 0) is 6.92 Å². The minimum atomic E-state index is -1.85. The molecule has 0 spiro atoms. The van der Waals surface area contributed by atoms with Crippen LogP contribution in [0.1, 0.15) is 6.92 Å². The Morgan fingerprint density at radius 1 is 0.947 bits per heavy atom. The van der Waals surface area contributed by atoms with Crippen LogP contribution in [0.5, 0.6) is 0 Å². The maximum Gasteiger partial charge on any atom is 0.235 e. The first kappa shape index (κ1) is 12.4. The molecule has 94 valence electrons. The van der Waals surface area contributed by atoms with Crippen molar-refractivity contribution in [2.24, 2.45) is 11.3 Å². The predicted molar refractivity (Wildman–Crippen MR) is 64.0 cm³/mol. The lowest BCUT2D eigenvalue weighted by atomic mass is 9.21. The number of carbonyl (C=O) groups is 4. The Hall–Kier alpha value is -1.59. The van der Waals surface area contributed by atoms with Gasteiger partial charge >= 0.3 is 0 Å². The maximum absolute atomic E-state index is 12.2. The first-order chi connectivity index (χ1) is 8.57. The fourth-order valence-corrected chi connectivity index (χ4v) is 3.96. The Labute approximate surface area is 112 Å². The molecule has 4 amide bonds. The number of rotatable bonds is 0. The second-order valence-corrected chi connectivity index (χ2v) is 5.68. The van der Waals surface area contributed by atoms with Crippen molar-refractivity contribution in [3.8, 4) is 0 Å². The summed E-state index contributed by atoms with van der Waals surface area (Å²) < 4.78 is 0. The molecule has 0 bridgehead atoms. The van der Waals surface area contributed by atoms with E-state index in [4.69, 9.17) is 15.7 Å².